The molecule has 5 rings (SSSR count). The van der Waals surface area contributed by atoms with Crippen LogP contribution in [0.3, 0.4) is 0 Å². The topological polar surface area (TPSA) is 130 Å². The summed E-state index contributed by atoms with van der Waals surface area (Å²) in [5.74, 6) is 0.771. The average molecular weight is 508 g/mol. The highest BCUT2D eigenvalue weighted by atomic mass is 32.2. The van der Waals surface area contributed by atoms with Gasteiger partial charge in [-0.15, -0.1) is 10.2 Å². The van der Waals surface area contributed by atoms with Gasteiger partial charge in [-0.1, -0.05) is 30.3 Å². The van der Waals surface area contributed by atoms with E-state index in [0.717, 1.165) is 38.3 Å². The second-order valence-corrected chi connectivity index (χ2v) is 10.5. The number of benzene rings is 2. The number of alkyl halides is 3. The Morgan fingerprint density at radius 1 is 1.11 bits per heavy atom. The molecule has 4 N–H and O–H groups in total. The quantitative estimate of drug-likeness (QED) is 0.466. The monoisotopic (exact) mass is 507 g/mol. The molecule has 2 aliphatic rings. The Labute approximate surface area is 199 Å². The molecule has 1 unspecified atom stereocenters. The van der Waals surface area contributed by atoms with E-state index in [1.54, 1.807) is 12.1 Å². The highest BCUT2D eigenvalue weighted by Gasteiger charge is 2.40. The number of halogens is 3. The van der Waals surface area contributed by atoms with Crippen LogP contribution in [0.4, 0.5) is 13.2 Å². The highest BCUT2D eigenvalue weighted by molar-refractivity contribution is 7.89. The number of nitrogens with one attached hydrogen (secondary N) is 2. The molecule has 0 saturated carbocycles. The van der Waals surface area contributed by atoms with E-state index in [1.165, 1.54) is 12.5 Å². The summed E-state index contributed by atoms with van der Waals surface area (Å²) in [5.41, 5.74) is 0.115. The van der Waals surface area contributed by atoms with Gasteiger partial charge in [0.15, 0.2) is 0 Å². The summed E-state index contributed by atoms with van der Waals surface area (Å²) in [5, 5.41) is 21.7. The summed E-state index contributed by atoms with van der Waals surface area (Å²) >= 11 is 0. The van der Waals surface area contributed by atoms with Crippen molar-refractivity contribution in [3.8, 4) is 22.5 Å². The number of hydrogen-bond acceptors (Lipinski definition) is 7. The van der Waals surface area contributed by atoms with Crippen molar-refractivity contribution >= 4 is 10.0 Å². The Bertz CT molecular complexity index is 1300. The zero-order valence-corrected chi connectivity index (χ0v) is 19.4. The van der Waals surface area contributed by atoms with E-state index in [1.807, 2.05) is 12.1 Å². The van der Waals surface area contributed by atoms with E-state index in [0.29, 0.717) is 23.5 Å². The summed E-state index contributed by atoms with van der Waals surface area (Å²) in [6, 6.07) is 9.29. The average Bonchev–Trinajstić information content (AvgIpc) is 3.48. The van der Waals surface area contributed by atoms with Crippen molar-refractivity contribution in [2.45, 2.75) is 23.4 Å². The van der Waals surface area contributed by atoms with Crippen molar-refractivity contribution in [2.75, 3.05) is 32.7 Å². The van der Waals surface area contributed by atoms with Crippen molar-refractivity contribution < 1.29 is 21.6 Å². The molecule has 186 valence electrons. The Morgan fingerprint density at radius 3 is 2.43 bits per heavy atom. The minimum Gasteiger partial charge on any atom is -0.316 e. The van der Waals surface area contributed by atoms with Gasteiger partial charge in [0.05, 0.1) is 11.1 Å². The van der Waals surface area contributed by atoms with Crippen molar-refractivity contribution in [3.05, 3.63) is 47.5 Å². The van der Waals surface area contributed by atoms with Gasteiger partial charge in [-0.05, 0) is 53.4 Å². The molecule has 0 bridgehead atoms. The molecule has 2 aromatic carbocycles. The zero-order chi connectivity index (χ0) is 24.8. The number of H-pyrrole nitrogens is 1. The Kier molecular flexibility index (Phi) is 6.11. The molecular weight excluding hydrogens is 483 g/mol. The van der Waals surface area contributed by atoms with Gasteiger partial charge < -0.3 is 10.2 Å². The van der Waals surface area contributed by atoms with E-state index in [9.17, 15) is 21.6 Å². The summed E-state index contributed by atoms with van der Waals surface area (Å²) in [4.78, 5) is 1.35. The van der Waals surface area contributed by atoms with Crippen LogP contribution in [-0.2, 0) is 16.2 Å². The molecule has 35 heavy (non-hydrogen) atoms. The lowest BCUT2D eigenvalue weighted by atomic mass is 9.88. The third kappa shape index (κ3) is 4.81. The van der Waals surface area contributed by atoms with Gasteiger partial charge in [0, 0.05) is 25.6 Å². The predicted molar refractivity (Wildman–Crippen MR) is 122 cm³/mol. The number of rotatable bonds is 6. The van der Waals surface area contributed by atoms with Crippen molar-refractivity contribution in [3.63, 3.8) is 0 Å². The maximum atomic E-state index is 13.7. The van der Waals surface area contributed by atoms with E-state index in [2.05, 4.69) is 30.8 Å². The predicted octanol–water partition coefficient (Wildman–Crippen LogP) is 2.21. The summed E-state index contributed by atoms with van der Waals surface area (Å²) < 4.78 is 65.7. The van der Waals surface area contributed by atoms with Crippen LogP contribution in [0, 0.1) is 5.92 Å². The fourth-order valence-electron chi connectivity index (χ4n) is 4.93. The number of likely N-dealkylation sites (tertiary alicyclic amines) is 1. The SMILES string of the molecule is NS(=O)(=O)c1c(C(F)(F)F)ccc(-c2ccc(C3CN(CC4CCNC4)C3)cc2)c1-c1nn[nH]n1. The maximum absolute atomic E-state index is 13.7. The molecule has 0 radical (unpaired) electrons. The third-order valence-corrected chi connectivity index (χ3v) is 7.64. The minimum absolute atomic E-state index is 0.207. The number of hydrogen-bond donors (Lipinski definition) is 3. The lowest BCUT2D eigenvalue weighted by Crippen LogP contribution is -2.47. The summed E-state index contributed by atoms with van der Waals surface area (Å²) in [6.45, 7) is 5.13. The van der Waals surface area contributed by atoms with E-state index in [4.69, 9.17) is 5.14 Å². The molecule has 0 spiro atoms. The first-order chi connectivity index (χ1) is 16.6. The number of primary sulfonamides is 1. The zero-order valence-electron chi connectivity index (χ0n) is 18.6. The van der Waals surface area contributed by atoms with Crippen LogP contribution in [-0.4, -0.2) is 66.7 Å². The molecule has 3 heterocycles. The standard InChI is InChI=1S/C22H24F3N7O2S/c23-22(24,25)18-6-5-17(19(20(18)35(26,33)34)21-28-30-31-29-21)15-3-1-14(2-4-15)16-11-32(12-16)10-13-7-8-27-9-13/h1-6,13,16,27H,7-12H2,(H2,26,33,34)(H,28,29,30,31). The van der Waals surface area contributed by atoms with Gasteiger partial charge in [-0.3, -0.25) is 0 Å². The number of nitrogens with zero attached hydrogens (tertiary/aromatic N) is 4. The number of tetrazole rings is 1. The molecule has 13 heteroatoms. The fourth-order valence-corrected chi connectivity index (χ4v) is 5.91. The van der Waals surface area contributed by atoms with Crippen molar-refractivity contribution in [2.24, 2.45) is 11.1 Å². The van der Waals surface area contributed by atoms with Gasteiger partial charge >= 0.3 is 6.18 Å². The lowest BCUT2D eigenvalue weighted by Gasteiger charge is -2.41. The van der Waals surface area contributed by atoms with Gasteiger partial charge in [-0.25, -0.2) is 13.6 Å². The van der Waals surface area contributed by atoms with Gasteiger partial charge in [0.25, 0.3) is 0 Å². The number of aromatic amines is 1. The Balaban J connectivity index is 1.47. The van der Waals surface area contributed by atoms with Crippen LogP contribution in [0.15, 0.2) is 41.3 Å². The second-order valence-electron chi connectivity index (χ2n) is 9.04. The Morgan fingerprint density at radius 2 is 1.86 bits per heavy atom. The first-order valence-corrected chi connectivity index (χ1v) is 12.7. The summed E-state index contributed by atoms with van der Waals surface area (Å²) in [7, 11) is -4.79. The molecule has 0 amide bonds. The number of aromatic nitrogens is 4. The highest BCUT2D eigenvalue weighted by Crippen LogP contribution is 2.43. The fraction of sp³-hybridized carbons (Fsp3) is 0.409. The Hall–Kier alpha value is -2.87. The molecular formula is C22H24F3N7O2S. The van der Waals surface area contributed by atoms with Gasteiger partial charge in [-0.2, -0.15) is 18.4 Å². The molecule has 2 saturated heterocycles. The van der Waals surface area contributed by atoms with Crippen molar-refractivity contribution in [1.29, 1.82) is 0 Å². The number of sulfonamides is 1. The largest absolute Gasteiger partial charge is 0.417 e. The van der Waals surface area contributed by atoms with Crippen LogP contribution in [0.1, 0.15) is 23.5 Å². The molecule has 2 aliphatic heterocycles. The van der Waals surface area contributed by atoms with Crippen LogP contribution in [0.25, 0.3) is 22.5 Å². The van der Waals surface area contributed by atoms with Crippen LogP contribution < -0.4 is 10.5 Å². The van der Waals surface area contributed by atoms with Crippen molar-refractivity contribution in [1.82, 2.24) is 30.8 Å². The normalized spacial score (nSPS) is 19.7. The smallest absolute Gasteiger partial charge is 0.316 e. The van der Waals surface area contributed by atoms with Gasteiger partial charge in [0.1, 0.15) is 4.90 Å². The van der Waals surface area contributed by atoms with E-state index >= 15 is 0 Å². The van der Waals surface area contributed by atoms with Crippen LogP contribution in [0.2, 0.25) is 0 Å². The molecule has 9 nitrogen and oxygen atoms in total. The molecule has 2 fully saturated rings. The minimum atomic E-state index is -4.95. The molecule has 0 aliphatic carbocycles. The number of nitrogens with two attached hydrogens (primary N) is 1. The molecule has 1 aromatic heterocycles. The van der Waals surface area contributed by atoms with E-state index < -0.39 is 26.7 Å². The first-order valence-electron chi connectivity index (χ1n) is 11.2. The van der Waals surface area contributed by atoms with Gasteiger partial charge in [0.2, 0.25) is 15.8 Å². The second kappa shape index (κ2) is 8.97. The third-order valence-electron chi connectivity index (χ3n) is 6.65. The maximum Gasteiger partial charge on any atom is 0.417 e. The van der Waals surface area contributed by atoms with Crippen LogP contribution in [0.5, 0.6) is 0 Å². The van der Waals surface area contributed by atoms with Crippen LogP contribution >= 0.6 is 0 Å². The summed E-state index contributed by atoms with van der Waals surface area (Å²) in [6.07, 6.45) is -3.75. The molecule has 1 atom stereocenters. The first kappa shape index (κ1) is 23.9. The lowest BCUT2D eigenvalue weighted by molar-refractivity contribution is -0.139. The van der Waals surface area contributed by atoms with E-state index in [-0.39, 0.29) is 17.0 Å². The molecule has 3 aromatic rings.